The standard InChI is InChI=1S/C22H23FN4O4S/c23-18-7-3-4-8-19(18)32(30,31)26-13-11-25(12-14-26)15-27-20(28)22(24-21(27)29)10-9-16-5-1-2-6-17(16)22/h1-8H,9-15H2,(H,24,29)/p+1/t22-/m0/s1. The molecule has 2 aromatic carbocycles. The van der Waals surface area contributed by atoms with Gasteiger partial charge in [-0.05, 0) is 36.1 Å². The molecule has 1 atom stereocenters. The third kappa shape index (κ3) is 3.21. The maximum absolute atomic E-state index is 14.0. The van der Waals surface area contributed by atoms with Crippen molar-refractivity contribution in [2.24, 2.45) is 0 Å². The predicted molar refractivity (Wildman–Crippen MR) is 113 cm³/mol. The van der Waals surface area contributed by atoms with Crippen LogP contribution in [0.25, 0.3) is 0 Å². The predicted octanol–water partition coefficient (Wildman–Crippen LogP) is 0.0659. The molecule has 2 aliphatic heterocycles. The Balaban J connectivity index is 1.27. The number of hydrogen-bond donors (Lipinski definition) is 2. The van der Waals surface area contributed by atoms with Crippen LogP contribution < -0.4 is 10.2 Å². The lowest BCUT2D eigenvalue weighted by Gasteiger charge is -2.33. The fraction of sp³-hybridized carbons (Fsp3) is 0.364. The molecule has 168 valence electrons. The molecule has 3 amide bonds. The highest BCUT2D eigenvalue weighted by molar-refractivity contribution is 7.89. The number of benzene rings is 2. The summed E-state index contributed by atoms with van der Waals surface area (Å²) >= 11 is 0. The first-order chi connectivity index (χ1) is 15.3. The van der Waals surface area contributed by atoms with Gasteiger partial charge in [0.1, 0.15) is 16.3 Å². The Bertz CT molecular complexity index is 1200. The number of rotatable bonds is 4. The van der Waals surface area contributed by atoms with Crippen LogP contribution in [0.3, 0.4) is 0 Å². The molecule has 0 radical (unpaired) electrons. The molecule has 2 saturated heterocycles. The molecule has 0 aromatic heterocycles. The van der Waals surface area contributed by atoms with E-state index in [2.05, 4.69) is 5.32 Å². The number of nitrogens with one attached hydrogen (secondary N) is 2. The van der Waals surface area contributed by atoms with Gasteiger partial charge in [-0.25, -0.2) is 22.5 Å². The third-order valence-electron chi connectivity index (χ3n) is 6.69. The highest BCUT2D eigenvalue weighted by Gasteiger charge is 2.56. The number of sulfonamides is 1. The van der Waals surface area contributed by atoms with Crippen molar-refractivity contribution in [1.29, 1.82) is 0 Å². The number of amides is 3. The molecular weight excluding hydrogens is 435 g/mol. The SMILES string of the molecule is O=C1N[C@]2(CCc3ccccc32)C(=O)N1C[NH+]1CCN(S(=O)(=O)c2ccccc2F)CC1. The number of fused-ring (bicyclic) bond motifs is 2. The number of carbonyl (C=O) groups excluding carboxylic acids is 2. The Morgan fingerprint density at radius 3 is 2.47 bits per heavy atom. The number of carbonyl (C=O) groups is 2. The number of imide groups is 1. The van der Waals surface area contributed by atoms with E-state index in [0.717, 1.165) is 28.5 Å². The van der Waals surface area contributed by atoms with Gasteiger partial charge >= 0.3 is 6.03 Å². The minimum absolute atomic E-state index is 0.169. The molecule has 1 spiro atoms. The molecule has 3 aliphatic rings. The van der Waals surface area contributed by atoms with Gasteiger partial charge in [0.25, 0.3) is 5.91 Å². The summed E-state index contributed by atoms with van der Waals surface area (Å²) in [4.78, 5) is 27.9. The summed E-state index contributed by atoms with van der Waals surface area (Å²) < 4.78 is 40.9. The van der Waals surface area contributed by atoms with Crippen molar-refractivity contribution in [3.63, 3.8) is 0 Å². The highest BCUT2D eigenvalue weighted by atomic mass is 32.2. The second-order valence-electron chi connectivity index (χ2n) is 8.47. The molecule has 2 N–H and O–H groups in total. The Morgan fingerprint density at radius 2 is 1.72 bits per heavy atom. The number of nitrogens with zero attached hydrogens (tertiary/aromatic N) is 2. The van der Waals surface area contributed by atoms with Gasteiger partial charge in [-0.1, -0.05) is 36.4 Å². The van der Waals surface area contributed by atoms with Crippen LogP contribution in [0.5, 0.6) is 0 Å². The van der Waals surface area contributed by atoms with E-state index in [1.807, 2.05) is 24.3 Å². The smallest absolute Gasteiger partial charge is 0.319 e. The highest BCUT2D eigenvalue weighted by Crippen LogP contribution is 2.40. The van der Waals surface area contributed by atoms with Crippen LogP contribution in [0.1, 0.15) is 17.5 Å². The number of hydrogen-bond acceptors (Lipinski definition) is 4. The average Bonchev–Trinajstić information content (AvgIpc) is 3.27. The summed E-state index contributed by atoms with van der Waals surface area (Å²) in [5.74, 6) is -1.02. The molecule has 10 heteroatoms. The lowest BCUT2D eigenvalue weighted by molar-refractivity contribution is -0.910. The largest absolute Gasteiger partial charge is 0.329 e. The zero-order valence-corrected chi connectivity index (χ0v) is 18.2. The molecule has 1 aliphatic carbocycles. The Hall–Kier alpha value is -2.82. The number of aryl methyl sites for hydroxylation is 1. The summed E-state index contributed by atoms with van der Waals surface area (Å²) in [5.41, 5.74) is 0.933. The van der Waals surface area contributed by atoms with E-state index < -0.39 is 27.4 Å². The van der Waals surface area contributed by atoms with Crippen LogP contribution >= 0.6 is 0 Å². The van der Waals surface area contributed by atoms with Gasteiger partial charge < -0.3 is 10.2 Å². The van der Waals surface area contributed by atoms with E-state index in [4.69, 9.17) is 0 Å². The monoisotopic (exact) mass is 459 g/mol. The maximum atomic E-state index is 14.0. The summed E-state index contributed by atoms with van der Waals surface area (Å²) in [6, 6.07) is 12.6. The molecule has 2 heterocycles. The molecule has 0 saturated carbocycles. The molecule has 32 heavy (non-hydrogen) atoms. The number of piperazine rings is 1. The minimum Gasteiger partial charge on any atom is -0.319 e. The number of halogens is 1. The zero-order valence-electron chi connectivity index (χ0n) is 17.4. The molecule has 8 nitrogen and oxygen atoms in total. The van der Waals surface area contributed by atoms with Gasteiger partial charge in [0.15, 0.2) is 6.67 Å². The van der Waals surface area contributed by atoms with Crippen molar-refractivity contribution in [1.82, 2.24) is 14.5 Å². The third-order valence-corrected chi connectivity index (χ3v) is 8.62. The Morgan fingerprint density at radius 1 is 1.03 bits per heavy atom. The van der Waals surface area contributed by atoms with E-state index in [0.29, 0.717) is 19.5 Å². The zero-order chi connectivity index (χ0) is 22.5. The normalized spacial score (nSPS) is 24.2. The average molecular weight is 460 g/mol. The maximum Gasteiger partial charge on any atom is 0.329 e. The van der Waals surface area contributed by atoms with Crippen molar-refractivity contribution in [3.8, 4) is 0 Å². The second kappa shape index (κ2) is 7.65. The van der Waals surface area contributed by atoms with Crippen LogP contribution in [0.15, 0.2) is 53.4 Å². The van der Waals surface area contributed by atoms with Gasteiger partial charge in [0.05, 0.1) is 26.2 Å². The van der Waals surface area contributed by atoms with Gasteiger partial charge in [-0.3, -0.25) is 4.79 Å². The molecule has 2 aromatic rings. The van der Waals surface area contributed by atoms with Crippen LogP contribution in [0.4, 0.5) is 9.18 Å². The molecule has 0 bridgehead atoms. The van der Waals surface area contributed by atoms with Gasteiger partial charge in [0, 0.05) is 0 Å². The second-order valence-corrected chi connectivity index (χ2v) is 10.4. The summed E-state index contributed by atoms with van der Waals surface area (Å²) in [5, 5.41) is 2.91. The van der Waals surface area contributed by atoms with Gasteiger partial charge in [-0.2, -0.15) is 4.31 Å². The fourth-order valence-electron chi connectivity index (χ4n) is 4.95. The Kier molecular flexibility index (Phi) is 5.03. The molecular formula is C22H24FN4O4S+. The Labute approximate surface area is 185 Å². The van der Waals surface area contributed by atoms with Crippen molar-refractivity contribution in [2.75, 3.05) is 32.8 Å². The van der Waals surface area contributed by atoms with Crippen molar-refractivity contribution >= 4 is 22.0 Å². The van der Waals surface area contributed by atoms with Crippen LogP contribution in [-0.2, 0) is 26.8 Å². The first-order valence-electron chi connectivity index (χ1n) is 10.6. The topological polar surface area (TPSA) is 91.2 Å². The molecule has 2 fully saturated rings. The first kappa shape index (κ1) is 21.0. The fourth-order valence-corrected chi connectivity index (χ4v) is 6.46. The molecule has 0 unspecified atom stereocenters. The van der Waals surface area contributed by atoms with Gasteiger partial charge in [-0.15, -0.1) is 0 Å². The van der Waals surface area contributed by atoms with Crippen LogP contribution in [0.2, 0.25) is 0 Å². The summed E-state index contributed by atoms with van der Waals surface area (Å²) in [7, 11) is -3.93. The van der Waals surface area contributed by atoms with E-state index >= 15 is 0 Å². The number of quaternary nitrogens is 1. The van der Waals surface area contributed by atoms with E-state index in [1.54, 1.807) is 0 Å². The van der Waals surface area contributed by atoms with Crippen molar-refractivity contribution < 1.29 is 27.3 Å². The van der Waals surface area contributed by atoms with E-state index in [1.165, 1.54) is 27.4 Å². The van der Waals surface area contributed by atoms with Crippen molar-refractivity contribution in [2.45, 2.75) is 23.3 Å². The van der Waals surface area contributed by atoms with E-state index in [9.17, 15) is 22.4 Å². The van der Waals surface area contributed by atoms with Gasteiger partial charge in [0.2, 0.25) is 10.0 Å². The summed E-state index contributed by atoms with van der Waals surface area (Å²) in [6.45, 7) is 1.36. The summed E-state index contributed by atoms with van der Waals surface area (Å²) in [6.07, 6.45) is 1.27. The quantitative estimate of drug-likeness (QED) is 0.633. The van der Waals surface area contributed by atoms with Crippen LogP contribution in [0, 0.1) is 5.82 Å². The first-order valence-corrected chi connectivity index (χ1v) is 12.1. The number of urea groups is 1. The lowest BCUT2D eigenvalue weighted by atomic mass is 9.92. The van der Waals surface area contributed by atoms with E-state index in [-0.39, 0.29) is 30.6 Å². The van der Waals surface area contributed by atoms with Crippen molar-refractivity contribution in [3.05, 3.63) is 65.5 Å². The lowest BCUT2D eigenvalue weighted by Crippen LogP contribution is -3.16. The molecule has 5 rings (SSSR count). The minimum atomic E-state index is -3.93. The van der Waals surface area contributed by atoms with Crippen LogP contribution in [-0.4, -0.2) is 62.4 Å².